The van der Waals surface area contributed by atoms with Crippen molar-refractivity contribution in [3.8, 4) is 0 Å². The third kappa shape index (κ3) is 4.60. The SMILES string of the molecule is CC(C)C(C)N(C)CCC(O)c1ccc(Cl)cc1. The Kier molecular flexibility index (Phi) is 6.13. The molecule has 1 rings (SSSR count). The Morgan fingerprint density at radius 1 is 1.17 bits per heavy atom. The van der Waals surface area contributed by atoms with E-state index in [0.29, 0.717) is 17.0 Å². The van der Waals surface area contributed by atoms with Crippen molar-refractivity contribution in [3.63, 3.8) is 0 Å². The van der Waals surface area contributed by atoms with Crippen LogP contribution in [0.5, 0.6) is 0 Å². The lowest BCUT2D eigenvalue weighted by molar-refractivity contribution is 0.129. The van der Waals surface area contributed by atoms with Gasteiger partial charge in [-0.1, -0.05) is 37.6 Å². The summed E-state index contributed by atoms with van der Waals surface area (Å²) in [7, 11) is 2.11. The van der Waals surface area contributed by atoms with Crippen LogP contribution in [0.25, 0.3) is 0 Å². The molecule has 2 unspecified atom stereocenters. The lowest BCUT2D eigenvalue weighted by Gasteiger charge is -2.28. The molecule has 0 amide bonds. The maximum absolute atomic E-state index is 10.1. The fourth-order valence-electron chi connectivity index (χ4n) is 1.89. The summed E-state index contributed by atoms with van der Waals surface area (Å²) in [5.41, 5.74) is 0.935. The Bertz CT molecular complexity index is 350. The average Bonchev–Trinajstić information content (AvgIpc) is 2.35. The number of benzene rings is 1. The van der Waals surface area contributed by atoms with Crippen LogP contribution in [0, 0.1) is 5.92 Å². The molecular formula is C15H24ClNO. The number of aliphatic hydroxyl groups excluding tert-OH is 1. The van der Waals surface area contributed by atoms with Crippen molar-refractivity contribution in [2.75, 3.05) is 13.6 Å². The molecule has 18 heavy (non-hydrogen) atoms. The third-order valence-electron chi connectivity index (χ3n) is 3.67. The first-order valence-electron chi connectivity index (χ1n) is 6.55. The van der Waals surface area contributed by atoms with Gasteiger partial charge in [0.2, 0.25) is 0 Å². The van der Waals surface area contributed by atoms with Crippen molar-refractivity contribution in [2.45, 2.75) is 39.3 Å². The van der Waals surface area contributed by atoms with Crippen LogP contribution in [0.15, 0.2) is 24.3 Å². The molecule has 1 aromatic carbocycles. The molecular weight excluding hydrogens is 246 g/mol. The molecule has 1 N–H and O–H groups in total. The topological polar surface area (TPSA) is 23.5 Å². The van der Waals surface area contributed by atoms with Gasteiger partial charge in [0.25, 0.3) is 0 Å². The number of rotatable bonds is 6. The molecule has 0 aliphatic heterocycles. The Balaban J connectivity index is 2.46. The number of hydrogen-bond acceptors (Lipinski definition) is 2. The van der Waals surface area contributed by atoms with Gasteiger partial charge < -0.3 is 10.0 Å². The zero-order valence-electron chi connectivity index (χ0n) is 11.7. The van der Waals surface area contributed by atoms with E-state index in [1.54, 1.807) is 0 Å². The molecule has 0 aliphatic rings. The number of halogens is 1. The van der Waals surface area contributed by atoms with Gasteiger partial charge in [-0.3, -0.25) is 0 Å². The zero-order chi connectivity index (χ0) is 13.7. The Labute approximate surface area is 116 Å². The van der Waals surface area contributed by atoms with E-state index in [1.165, 1.54) is 0 Å². The first-order chi connectivity index (χ1) is 8.41. The Hall–Kier alpha value is -0.570. The normalized spacial score (nSPS) is 15.1. The van der Waals surface area contributed by atoms with E-state index in [2.05, 4.69) is 32.7 Å². The van der Waals surface area contributed by atoms with Crippen molar-refractivity contribution in [3.05, 3.63) is 34.9 Å². The second-order valence-electron chi connectivity index (χ2n) is 5.32. The highest BCUT2D eigenvalue weighted by Gasteiger charge is 2.15. The monoisotopic (exact) mass is 269 g/mol. The first kappa shape index (κ1) is 15.5. The van der Waals surface area contributed by atoms with Crippen molar-refractivity contribution < 1.29 is 5.11 Å². The van der Waals surface area contributed by atoms with E-state index in [4.69, 9.17) is 11.6 Å². The van der Waals surface area contributed by atoms with E-state index in [0.717, 1.165) is 18.5 Å². The highest BCUT2D eigenvalue weighted by molar-refractivity contribution is 6.30. The highest BCUT2D eigenvalue weighted by atomic mass is 35.5. The van der Waals surface area contributed by atoms with Gasteiger partial charge in [-0.2, -0.15) is 0 Å². The molecule has 0 saturated heterocycles. The standard InChI is InChI=1S/C15H24ClNO/c1-11(2)12(3)17(4)10-9-15(18)13-5-7-14(16)8-6-13/h5-8,11-12,15,18H,9-10H2,1-4H3. The quantitative estimate of drug-likeness (QED) is 0.850. The summed E-state index contributed by atoms with van der Waals surface area (Å²) < 4.78 is 0. The van der Waals surface area contributed by atoms with Gasteiger partial charge in [0, 0.05) is 17.6 Å². The van der Waals surface area contributed by atoms with Crippen molar-refractivity contribution in [1.82, 2.24) is 4.90 Å². The predicted octanol–water partition coefficient (Wildman–Crippen LogP) is 3.74. The summed E-state index contributed by atoms with van der Waals surface area (Å²) in [5.74, 6) is 0.627. The fourth-order valence-corrected chi connectivity index (χ4v) is 2.02. The van der Waals surface area contributed by atoms with Crippen LogP contribution < -0.4 is 0 Å². The third-order valence-corrected chi connectivity index (χ3v) is 3.92. The molecule has 0 bridgehead atoms. The van der Waals surface area contributed by atoms with Gasteiger partial charge in [-0.05, 0) is 44.0 Å². The van der Waals surface area contributed by atoms with Crippen LogP contribution in [0.2, 0.25) is 5.02 Å². The van der Waals surface area contributed by atoms with Gasteiger partial charge >= 0.3 is 0 Å². The average molecular weight is 270 g/mol. The molecule has 0 heterocycles. The molecule has 0 radical (unpaired) electrons. The van der Waals surface area contributed by atoms with E-state index >= 15 is 0 Å². The summed E-state index contributed by atoms with van der Waals surface area (Å²) in [6.07, 6.45) is 0.332. The Morgan fingerprint density at radius 3 is 2.22 bits per heavy atom. The molecule has 2 nitrogen and oxygen atoms in total. The van der Waals surface area contributed by atoms with Crippen LogP contribution in [0.4, 0.5) is 0 Å². The van der Waals surface area contributed by atoms with E-state index in [1.807, 2.05) is 24.3 Å². The minimum Gasteiger partial charge on any atom is -0.388 e. The molecule has 3 heteroatoms. The van der Waals surface area contributed by atoms with Crippen LogP contribution in [-0.2, 0) is 0 Å². The van der Waals surface area contributed by atoms with Gasteiger partial charge in [0.05, 0.1) is 6.10 Å². The summed E-state index contributed by atoms with van der Waals surface area (Å²) in [6.45, 7) is 7.55. The van der Waals surface area contributed by atoms with Crippen molar-refractivity contribution in [1.29, 1.82) is 0 Å². The Morgan fingerprint density at radius 2 is 1.72 bits per heavy atom. The molecule has 0 aromatic heterocycles. The lowest BCUT2D eigenvalue weighted by Crippen LogP contribution is -2.34. The maximum atomic E-state index is 10.1. The fraction of sp³-hybridized carbons (Fsp3) is 0.600. The zero-order valence-corrected chi connectivity index (χ0v) is 12.5. The van der Waals surface area contributed by atoms with Crippen LogP contribution in [0.1, 0.15) is 38.9 Å². The van der Waals surface area contributed by atoms with E-state index < -0.39 is 6.10 Å². The predicted molar refractivity (Wildman–Crippen MR) is 78.0 cm³/mol. The summed E-state index contributed by atoms with van der Waals surface area (Å²) >= 11 is 5.83. The van der Waals surface area contributed by atoms with Crippen LogP contribution in [-0.4, -0.2) is 29.6 Å². The second kappa shape index (κ2) is 7.13. The minimum atomic E-state index is -0.413. The van der Waals surface area contributed by atoms with Gasteiger partial charge in [-0.15, -0.1) is 0 Å². The highest BCUT2D eigenvalue weighted by Crippen LogP contribution is 2.20. The van der Waals surface area contributed by atoms with Crippen molar-refractivity contribution >= 4 is 11.6 Å². The van der Waals surface area contributed by atoms with Gasteiger partial charge in [0.15, 0.2) is 0 Å². The molecule has 0 fully saturated rings. The first-order valence-corrected chi connectivity index (χ1v) is 6.93. The number of hydrogen-bond donors (Lipinski definition) is 1. The molecule has 102 valence electrons. The smallest absolute Gasteiger partial charge is 0.0802 e. The minimum absolute atomic E-state index is 0.413. The number of nitrogens with zero attached hydrogens (tertiary/aromatic N) is 1. The molecule has 2 atom stereocenters. The number of aliphatic hydroxyl groups is 1. The van der Waals surface area contributed by atoms with Crippen LogP contribution >= 0.6 is 11.6 Å². The summed E-state index contributed by atoms with van der Waals surface area (Å²) in [4.78, 5) is 2.30. The maximum Gasteiger partial charge on any atom is 0.0802 e. The lowest BCUT2D eigenvalue weighted by atomic mass is 10.0. The van der Waals surface area contributed by atoms with Crippen LogP contribution in [0.3, 0.4) is 0 Å². The van der Waals surface area contributed by atoms with Crippen molar-refractivity contribution in [2.24, 2.45) is 5.92 Å². The summed E-state index contributed by atoms with van der Waals surface area (Å²) in [5, 5.41) is 10.8. The largest absolute Gasteiger partial charge is 0.388 e. The molecule has 1 aromatic rings. The molecule has 0 spiro atoms. The van der Waals surface area contributed by atoms with E-state index in [-0.39, 0.29) is 0 Å². The second-order valence-corrected chi connectivity index (χ2v) is 5.76. The van der Waals surface area contributed by atoms with E-state index in [9.17, 15) is 5.11 Å². The van der Waals surface area contributed by atoms with Gasteiger partial charge in [0.1, 0.15) is 0 Å². The summed E-state index contributed by atoms with van der Waals surface area (Å²) in [6, 6.07) is 7.95. The molecule has 0 aliphatic carbocycles. The molecule has 0 saturated carbocycles. The van der Waals surface area contributed by atoms with Gasteiger partial charge in [-0.25, -0.2) is 0 Å².